The second-order valence-corrected chi connectivity index (χ2v) is 8.42. The average Bonchev–Trinajstić information content (AvgIpc) is 2.77. The summed E-state index contributed by atoms with van der Waals surface area (Å²) >= 11 is 1.91. The maximum atomic E-state index is 12.5. The van der Waals surface area contributed by atoms with Crippen molar-refractivity contribution in [3.63, 3.8) is 0 Å². The van der Waals surface area contributed by atoms with E-state index >= 15 is 0 Å². The normalized spacial score (nSPS) is 11.8. The van der Waals surface area contributed by atoms with E-state index in [-0.39, 0.29) is 11.6 Å². The second-order valence-electron chi connectivity index (χ2n) is 6.74. The van der Waals surface area contributed by atoms with Crippen LogP contribution in [0.3, 0.4) is 0 Å². The zero-order chi connectivity index (χ0) is 18.7. The summed E-state index contributed by atoms with van der Waals surface area (Å²) in [7, 11) is 1.40. The molecule has 1 rings (SSSR count). The lowest BCUT2D eigenvalue weighted by atomic mass is 10.2. The first kappa shape index (κ1) is 20.5. The van der Waals surface area contributed by atoms with Crippen molar-refractivity contribution >= 4 is 41.5 Å². The average molecular weight is 377 g/mol. The fourth-order valence-corrected chi connectivity index (χ4v) is 2.67. The summed E-state index contributed by atoms with van der Waals surface area (Å²) in [6.07, 6.45) is -1.82. The third kappa shape index (κ3) is 5.53. The van der Waals surface area contributed by atoms with Gasteiger partial charge in [-0.25, -0.2) is 9.59 Å². The van der Waals surface area contributed by atoms with Gasteiger partial charge >= 0.3 is 12.2 Å². The summed E-state index contributed by atoms with van der Waals surface area (Å²) in [5, 5.41) is 5.55. The molecule has 0 aliphatic rings. The van der Waals surface area contributed by atoms with Gasteiger partial charge in [-0.2, -0.15) is 9.27 Å². The number of nitrogens with two attached hydrogens (primary N) is 1. The van der Waals surface area contributed by atoms with E-state index in [4.69, 9.17) is 19.3 Å². The van der Waals surface area contributed by atoms with Crippen LogP contribution in [0.1, 0.15) is 41.5 Å². The Kier molecular flexibility index (Phi) is 6.48. The Morgan fingerprint density at radius 2 is 1.54 bits per heavy atom. The monoisotopic (exact) mass is 377 g/mol. The SMILES string of the molecule is COc1c(N(C(=O)OC(C)(C)C)C(=O)OC(C)(C)C)nsc1SN. The van der Waals surface area contributed by atoms with Crippen molar-refractivity contribution in [1.29, 1.82) is 0 Å². The van der Waals surface area contributed by atoms with Gasteiger partial charge < -0.3 is 14.2 Å². The van der Waals surface area contributed by atoms with E-state index in [0.29, 0.717) is 9.11 Å². The van der Waals surface area contributed by atoms with E-state index in [1.807, 2.05) is 0 Å². The number of ether oxygens (including phenoxy) is 3. The Morgan fingerprint density at radius 3 is 1.88 bits per heavy atom. The van der Waals surface area contributed by atoms with E-state index in [1.165, 1.54) is 7.11 Å². The van der Waals surface area contributed by atoms with Crippen molar-refractivity contribution in [2.45, 2.75) is 57.0 Å². The smallest absolute Gasteiger partial charge is 0.425 e. The van der Waals surface area contributed by atoms with Crippen LogP contribution in [0.2, 0.25) is 0 Å². The van der Waals surface area contributed by atoms with Crippen LogP contribution < -0.4 is 14.8 Å². The molecule has 0 fully saturated rings. The fraction of sp³-hybridized carbons (Fsp3) is 0.643. The Hall–Kier alpha value is -1.52. The van der Waals surface area contributed by atoms with Crippen LogP contribution in [-0.4, -0.2) is 34.9 Å². The topological polar surface area (TPSA) is 104 Å². The molecule has 0 saturated carbocycles. The number of hydrogen-bond donors (Lipinski definition) is 1. The minimum atomic E-state index is -0.908. The van der Waals surface area contributed by atoms with E-state index in [1.54, 1.807) is 41.5 Å². The van der Waals surface area contributed by atoms with Crippen molar-refractivity contribution in [1.82, 2.24) is 4.37 Å². The van der Waals surface area contributed by atoms with Crippen LogP contribution in [0.25, 0.3) is 0 Å². The zero-order valence-electron chi connectivity index (χ0n) is 14.8. The molecule has 136 valence electrons. The molecule has 0 aliphatic heterocycles. The highest BCUT2D eigenvalue weighted by atomic mass is 32.2. The van der Waals surface area contributed by atoms with Gasteiger partial charge in [-0.3, -0.25) is 5.14 Å². The van der Waals surface area contributed by atoms with Crippen LogP contribution >= 0.6 is 23.5 Å². The fourth-order valence-electron chi connectivity index (χ4n) is 1.51. The lowest BCUT2D eigenvalue weighted by Crippen LogP contribution is -2.44. The third-order valence-electron chi connectivity index (χ3n) is 2.28. The summed E-state index contributed by atoms with van der Waals surface area (Å²) in [4.78, 5) is 25.8. The van der Waals surface area contributed by atoms with Crippen LogP contribution in [0.5, 0.6) is 5.75 Å². The van der Waals surface area contributed by atoms with Gasteiger partial charge in [-0.1, -0.05) is 0 Å². The first-order valence-electron chi connectivity index (χ1n) is 7.06. The summed E-state index contributed by atoms with van der Waals surface area (Å²) in [5.41, 5.74) is -1.60. The molecule has 0 atom stereocenters. The zero-order valence-corrected chi connectivity index (χ0v) is 16.5. The van der Waals surface area contributed by atoms with Gasteiger partial charge in [0.1, 0.15) is 15.4 Å². The van der Waals surface area contributed by atoms with Gasteiger partial charge in [0.05, 0.1) is 7.11 Å². The molecule has 1 heterocycles. The molecular formula is C14H23N3O5S2. The maximum absolute atomic E-state index is 12.5. The molecule has 0 unspecified atom stereocenters. The number of hydrogen-bond acceptors (Lipinski definition) is 9. The van der Waals surface area contributed by atoms with Crippen molar-refractivity contribution in [2.24, 2.45) is 5.14 Å². The Balaban J connectivity index is 3.30. The summed E-state index contributed by atoms with van der Waals surface area (Å²) < 4.78 is 20.4. The molecule has 0 bridgehead atoms. The predicted octanol–water partition coefficient (Wildman–Crippen LogP) is 3.79. The van der Waals surface area contributed by atoms with E-state index in [2.05, 4.69) is 4.37 Å². The highest BCUT2D eigenvalue weighted by Crippen LogP contribution is 2.40. The Labute approximate surface area is 149 Å². The van der Waals surface area contributed by atoms with Gasteiger partial charge in [-0.05, 0) is 65.0 Å². The number of anilines is 1. The standard InChI is InChI=1S/C14H23N3O5S2/c1-13(2,3)21-11(18)17(12(19)22-14(4,5)6)9-8(20-7)10(23-15)24-16-9/h15H2,1-7H3. The molecule has 0 aromatic carbocycles. The van der Waals surface area contributed by atoms with Crippen LogP contribution in [-0.2, 0) is 9.47 Å². The largest absolute Gasteiger partial charge is 0.491 e. The molecule has 1 aromatic heterocycles. The van der Waals surface area contributed by atoms with Crippen molar-refractivity contribution in [3.05, 3.63) is 0 Å². The summed E-state index contributed by atoms with van der Waals surface area (Å²) in [6, 6.07) is 0. The number of methoxy groups -OCH3 is 1. The lowest BCUT2D eigenvalue weighted by Gasteiger charge is -2.27. The molecule has 0 spiro atoms. The van der Waals surface area contributed by atoms with Gasteiger partial charge in [0.25, 0.3) is 0 Å². The molecule has 24 heavy (non-hydrogen) atoms. The highest BCUT2D eigenvalue weighted by Gasteiger charge is 2.37. The number of carbonyl (C=O) groups excluding carboxylic acids is 2. The highest BCUT2D eigenvalue weighted by molar-refractivity contribution is 7.99. The predicted molar refractivity (Wildman–Crippen MR) is 93.7 cm³/mol. The van der Waals surface area contributed by atoms with Gasteiger partial charge in [0.2, 0.25) is 5.82 Å². The first-order valence-corrected chi connectivity index (χ1v) is 8.71. The summed E-state index contributed by atoms with van der Waals surface area (Å²) in [6.45, 7) is 10.2. The Morgan fingerprint density at radius 1 is 1.08 bits per heavy atom. The molecule has 8 nitrogen and oxygen atoms in total. The molecule has 2 amide bonds. The van der Waals surface area contributed by atoms with Crippen molar-refractivity contribution in [3.8, 4) is 5.75 Å². The molecular weight excluding hydrogens is 354 g/mol. The number of nitrogens with zero attached hydrogens (tertiary/aromatic N) is 2. The summed E-state index contributed by atoms with van der Waals surface area (Å²) in [5.74, 6) is 0.197. The van der Waals surface area contributed by atoms with Crippen molar-refractivity contribution < 1.29 is 23.8 Å². The number of aromatic nitrogens is 1. The van der Waals surface area contributed by atoms with Crippen molar-refractivity contribution in [2.75, 3.05) is 12.0 Å². The first-order chi connectivity index (χ1) is 10.9. The molecule has 0 radical (unpaired) electrons. The molecule has 10 heteroatoms. The van der Waals surface area contributed by atoms with E-state index in [9.17, 15) is 9.59 Å². The minimum Gasteiger partial charge on any atom is -0.491 e. The van der Waals surface area contributed by atoms with Crippen LogP contribution in [0.4, 0.5) is 15.4 Å². The molecule has 0 aliphatic carbocycles. The molecule has 0 saturated heterocycles. The van der Waals surface area contributed by atoms with E-state index in [0.717, 1.165) is 23.5 Å². The number of rotatable bonds is 3. The van der Waals surface area contributed by atoms with E-state index < -0.39 is 23.4 Å². The molecule has 2 N–H and O–H groups in total. The second kappa shape index (κ2) is 7.58. The quantitative estimate of drug-likeness (QED) is 0.793. The number of carbonyl (C=O) groups is 2. The van der Waals surface area contributed by atoms with Crippen LogP contribution in [0, 0.1) is 0 Å². The maximum Gasteiger partial charge on any atom is 0.425 e. The minimum absolute atomic E-state index is 0.0149. The lowest BCUT2D eigenvalue weighted by molar-refractivity contribution is 0.0428. The van der Waals surface area contributed by atoms with Crippen LogP contribution in [0.15, 0.2) is 4.21 Å². The van der Waals surface area contributed by atoms with Gasteiger partial charge in [0.15, 0.2) is 5.75 Å². The number of amides is 2. The number of imide groups is 1. The van der Waals surface area contributed by atoms with Gasteiger partial charge in [-0.15, -0.1) is 0 Å². The molecule has 1 aromatic rings. The Bertz CT molecular complexity index is 577. The third-order valence-corrected chi connectivity index (χ3v) is 3.81. The van der Waals surface area contributed by atoms with Gasteiger partial charge in [0, 0.05) is 0 Å².